The van der Waals surface area contributed by atoms with Crippen LogP contribution in [0.2, 0.25) is 5.28 Å². The molecular formula is C12H11ClFN3O. The van der Waals surface area contributed by atoms with Crippen molar-refractivity contribution < 1.29 is 9.50 Å². The summed E-state index contributed by atoms with van der Waals surface area (Å²) in [6, 6.07) is 7.14. The number of nitrogens with one attached hydrogen (secondary N) is 1. The van der Waals surface area contributed by atoms with E-state index >= 15 is 0 Å². The van der Waals surface area contributed by atoms with Crippen molar-refractivity contribution in [3.8, 4) is 0 Å². The highest BCUT2D eigenvalue weighted by Crippen LogP contribution is 2.18. The van der Waals surface area contributed by atoms with E-state index in [-0.39, 0.29) is 23.7 Å². The van der Waals surface area contributed by atoms with Crippen molar-refractivity contribution in [2.24, 2.45) is 0 Å². The van der Waals surface area contributed by atoms with Gasteiger partial charge in [-0.25, -0.2) is 14.4 Å². The van der Waals surface area contributed by atoms with Crippen LogP contribution in [0.4, 0.5) is 10.2 Å². The standard InChI is InChI=1S/C12H11ClFN3O/c13-12-15-6-5-11(17-12)16-10(7-18)8-1-3-9(14)4-2-8/h1-6,10,18H,7H2,(H,15,16,17). The van der Waals surface area contributed by atoms with Gasteiger partial charge in [0.1, 0.15) is 11.6 Å². The van der Waals surface area contributed by atoms with Crippen molar-refractivity contribution in [3.63, 3.8) is 0 Å². The van der Waals surface area contributed by atoms with Crippen LogP contribution in [-0.4, -0.2) is 21.7 Å². The number of hydrogen-bond acceptors (Lipinski definition) is 4. The van der Waals surface area contributed by atoms with E-state index in [9.17, 15) is 9.50 Å². The van der Waals surface area contributed by atoms with Gasteiger partial charge in [0.15, 0.2) is 0 Å². The number of halogens is 2. The summed E-state index contributed by atoms with van der Waals surface area (Å²) in [5.41, 5.74) is 0.758. The third-order valence-corrected chi connectivity index (χ3v) is 2.59. The number of aliphatic hydroxyl groups excluding tert-OH is 1. The first-order valence-corrected chi connectivity index (χ1v) is 5.68. The van der Waals surface area contributed by atoms with Crippen molar-refractivity contribution in [1.82, 2.24) is 9.97 Å². The number of anilines is 1. The lowest BCUT2D eigenvalue weighted by molar-refractivity contribution is 0.276. The van der Waals surface area contributed by atoms with Crippen molar-refractivity contribution in [2.75, 3.05) is 11.9 Å². The molecule has 0 aliphatic rings. The van der Waals surface area contributed by atoms with Crippen LogP contribution in [0.15, 0.2) is 36.5 Å². The van der Waals surface area contributed by atoms with Crippen LogP contribution in [0, 0.1) is 5.82 Å². The molecule has 0 saturated heterocycles. The summed E-state index contributed by atoms with van der Waals surface area (Å²) >= 11 is 5.66. The minimum atomic E-state index is -0.378. The summed E-state index contributed by atoms with van der Waals surface area (Å²) in [6.45, 7) is -0.146. The number of nitrogens with zero attached hydrogens (tertiary/aromatic N) is 2. The van der Waals surface area contributed by atoms with Crippen molar-refractivity contribution >= 4 is 17.4 Å². The molecule has 4 nitrogen and oxygen atoms in total. The first-order chi connectivity index (χ1) is 8.69. The van der Waals surface area contributed by atoms with Gasteiger partial charge in [-0.1, -0.05) is 12.1 Å². The molecule has 2 aromatic rings. The molecule has 0 aliphatic heterocycles. The van der Waals surface area contributed by atoms with Crippen LogP contribution in [0.25, 0.3) is 0 Å². The molecule has 0 aliphatic carbocycles. The molecule has 6 heteroatoms. The zero-order valence-corrected chi connectivity index (χ0v) is 10.1. The second-order valence-corrected chi connectivity index (χ2v) is 3.98. The summed E-state index contributed by atoms with van der Waals surface area (Å²) in [5.74, 6) is 0.180. The van der Waals surface area contributed by atoms with Crippen molar-refractivity contribution in [2.45, 2.75) is 6.04 Å². The highest BCUT2D eigenvalue weighted by molar-refractivity contribution is 6.28. The Kier molecular flexibility index (Phi) is 4.07. The number of benzene rings is 1. The van der Waals surface area contributed by atoms with Gasteiger partial charge in [0.05, 0.1) is 12.6 Å². The molecule has 1 unspecified atom stereocenters. The molecule has 1 aromatic heterocycles. The molecule has 0 amide bonds. The minimum Gasteiger partial charge on any atom is -0.394 e. The zero-order chi connectivity index (χ0) is 13.0. The fourth-order valence-corrected chi connectivity index (χ4v) is 1.67. The summed E-state index contributed by atoms with van der Waals surface area (Å²) in [6.07, 6.45) is 1.51. The highest BCUT2D eigenvalue weighted by Gasteiger charge is 2.11. The first kappa shape index (κ1) is 12.7. The molecule has 2 rings (SSSR count). The van der Waals surface area contributed by atoms with E-state index in [1.54, 1.807) is 18.2 Å². The van der Waals surface area contributed by atoms with Crippen LogP contribution in [0.3, 0.4) is 0 Å². The van der Waals surface area contributed by atoms with E-state index < -0.39 is 0 Å². The molecule has 0 saturated carbocycles. The van der Waals surface area contributed by atoms with E-state index in [2.05, 4.69) is 15.3 Å². The largest absolute Gasteiger partial charge is 0.394 e. The summed E-state index contributed by atoms with van der Waals surface area (Å²) in [4.78, 5) is 7.72. The van der Waals surface area contributed by atoms with Crippen LogP contribution in [0.5, 0.6) is 0 Å². The molecule has 94 valence electrons. The predicted molar refractivity (Wildman–Crippen MR) is 66.9 cm³/mol. The lowest BCUT2D eigenvalue weighted by Gasteiger charge is -2.17. The van der Waals surface area contributed by atoms with E-state index in [1.807, 2.05) is 0 Å². The average molecular weight is 268 g/mol. The molecule has 1 heterocycles. The van der Waals surface area contributed by atoms with Crippen LogP contribution < -0.4 is 5.32 Å². The van der Waals surface area contributed by atoms with Crippen molar-refractivity contribution in [3.05, 3.63) is 53.2 Å². The average Bonchev–Trinajstić information content (AvgIpc) is 2.37. The second-order valence-electron chi connectivity index (χ2n) is 3.64. The Morgan fingerprint density at radius 1 is 1.28 bits per heavy atom. The quantitative estimate of drug-likeness (QED) is 0.836. The maximum atomic E-state index is 12.8. The Morgan fingerprint density at radius 3 is 2.61 bits per heavy atom. The number of aliphatic hydroxyl groups is 1. The van der Waals surface area contributed by atoms with Gasteiger partial charge in [-0.2, -0.15) is 0 Å². The molecule has 0 radical (unpaired) electrons. The smallest absolute Gasteiger partial charge is 0.224 e. The lowest BCUT2D eigenvalue weighted by Crippen LogP contribution is -2.15. The predicted octanol–water partition coefficient (Wildman–Crippen LogP) is 2.41. The molecule has 0 bridgehead atoms. The SMILES string of the molecule is OCC(Nc1ccnc(Cl)n1)c1ccc(F)cc1. The third-order valence-electron chi connectivity index (χ3n) is 2.40. The molecule has 1 atom stereocenters. The van der Waals surface area contributed by atoms with Gasteiger partial charge >= 0.3 is 0 Å². The van der Waals surface area contributed by atoms with E-state index in [1.165, 1.54) is 18.3 Å². The number of hydrogen-bond donors (Lipinski definition) is 2. The van der Waals surface area contributed by atoms with E-state index in [4.69, 9.17) is 11.6 Å². The number of aromatic nitrogens is 2. The Labute approximate surface area is 108 Å². The Bertz CT molecular complexity index is 521. The van der Waals surface area contributed by atoms with Crippen LogP contribution >= 0.6 is 11.6 Å². The maximum Gasteiger partial charge on any atom is 0.224 e. The van der Waals surface area contributed by atoms with Crippen LogP contribution in [-0.2, 0) is 0 Å². The van der Waals surface area contributed by atoms with Crippen LogP contribution in [0.1, 0.15) is 11.6 Å². The molecule has 18 heavy (non-hydrogen) atoms. The fourth-order valence-electron chi connectivity index (χ4n) is 1.52. The normalized spacial score (nSPS) is 12.2. The van der Waals surface area contributed by atoms with E-state index in [0.29, 0.717) is 5.82 Å². The van der Waals surface area contributed by atoms with Gasteiger partial charge in [-0.15, -0.1) is 0 Å². The topological polar surface area (TPSA) is 58.0 Å². The fraction of sp³-hybridized carbons (Fsp3) is 0.167. The third kappa shape index (κ3) is 3.15. The van der Waals surface area contributed by atoms with Gasteiger partial charge in [0.25, 0.3) is 0 Å². The summed E-state index contributed by atoms with van der Waals surface area (Å²) < 4.78 is 12.8. The van der Waals surface area contributed by atoms with Gasteiger partial charge in [-0.3, -0.25) is 0 Å². The molecule has 0 spiro atoms. The summed E-state index contributed by atoms with van der Waals surface area (Å²) in [7, 11) is 0. The van der Waals surface area contributed by atoms with Gasteiger partial charge in [-0.05, 0) is 35.4 Å². The summed E-state index contributed by atoms with van der Waals surface area (Å²) in [5, 5.41) is 12.5. The maximum absolute atomic E-state index is 12.8. The Hall–Kier alpha value is -1.72. The molecule has 0 fully saturated rings. The Morgan fingerprint density at radius 2 is 2.00 bits per heavy atom. The first-order valence-electron chi connectivity index (χ1n) is 5.30. The lowest BCUT2D eigenvalue weighted by atomic mass is 10.1. The molecule has 2 N–H and O–H groups in total. The Balaban J connectivity index is 2.17. The monoisotopic (exact) mass is 267 g/mol. The zero-order valence-electron chi connectivity index (χ0n) is 9.35. The van der Waals surface area contributed by atoms with Gasteiger partial charge in [0, 0.05) is 6.20 Å². The molecular weight excluding hydrogens is 257 g/mol. The second kappa shape index (κ2) is 5.75. The van der Waals surface area contributed by atoms with Gasteiger partial charge < -0.3 is 10.4 Å². The van der Waals surface area contributed by atoms with Gasteiger partial charge in [0.2, 0.25) is 5.28 Å². The number of rotatable bonds is 4. The minimum absolute atomic E-state index is 0.121. The van der Waals surface area contributed by atoms with E-state index in [0.717, 1.165) is 5.56 Å². The highest BCUT2D eigenvalue weighted by atomic mass is 35.5. The molecule has 1 aromatic carbocycles. The van der Waals surface area contributed by atoms with Crippen molar-refractivity contribution in [1.29, 1.82) is 0 Å².